The number of likely N-dealkylation sites (tertiary alicyclic amines) is 1. The van der Waals surface area contributed by atoms with E-state index in [1.54, 1.807) is 11.9 Å². The van der Waals surface area contributed by atoms with Gasteiger partial charge in [-0.15, -0.1) is 0 Å². The molecule has 0 spiro atoms. The lowest BCUT2D eigenvalue weighted by Gasteiger charge is -2.35. The predicted molar refractivity (Wildman–Crippen MR) is 98.7 cm³/mol. The van der Waals surface area contributed by atoms with Crippen molar-refractivity contribution in [1.82, 2.24) is 10.2 Å². The van der Waals surface area contributed by atoms with Gasteiger partial charge in [-0.1, -0.05) is 39.0 Å². The van der Waals surface area contributed by atoms with Crippen LogP contribution in [-0.2, 0) is 4.79 Å². The number of amides is 1. The van der Waals surface area contributed by atoms with Crippen LogP contribution in [0.4, 0.5) is 0 Å². The Morgan fingerprint density at radius 1 is 1.29 bits per heavy atom. The maximum Gasteiger partial charge on any atom is 0.363 e. The average Bonchev–Trinajstić information content (AvgIpc) is 2.76. The lowest BCUT2D eigenvalue weighted by atomic mass is 9.87. The van der Waals surface area contributed by atoms with Crippen LogP contribution >= 0.6 is 0 Å². The molecule has 0 bridgehead atoms. The van der Waals surface area contributed by atoms with Crippen molar-refractivity contribution < 1.29 is 14.4 Å². The van der Waals surface area contributed by atoms with Crippen LogP contribution in [0.2, 0.25) is 5.54 Å². The molecule has 2 aliphatic rings. The Kier molecular flexibility index (Phi) is 6.50. The molecule has 1 aliphatic heterocycles. The molecule has 1 saturated carbocycles. The second-order valence-electron chi connectivity index (χ2n) is 8.50. The van der Waals surface area contributed by atoms with E-state index in [0.29, 0.717) is 12.3 Å². The molecule has 1 heterocycles. The van der Waals surface area contributed by atoms with Crippen molar-refractivity contribution in [2.75, 3.05) is 13.6 Å². The van der Waals surface area contributed by atoms with Crippen LogP contribution in [0.5, 0.6) is 0 Å². The molecule has 2 fully saturated rings. The van der Waals surface area contributed by atoms with E-state index in [4.69, 9.17) is 0 Å². The molecule has 0 aromatic carbocycles. The minimum atomic E-state index is -3.72. The first kappa shape index (κ1) is 19.9. The molecule has 5 nitrogen and oxygen atoms in total. The van der Waals surface area contributed by atoms with Crippen molar-refractivity contribution in [2.24, 2.45) is 5.92 Å². The van der Waals surface area contributed by atoms with Gasteiger partial charge in [-0.25, -0.2) is 0 Å². The van der Waals surface area contributed by atoms with E-state index in [0.717, 1.165) is 19.4 Å². The monoisotopic (exact) mass is 356 g/mol. The molecule has 0 radical (unpaired) electrons. The molecule has 1 amide bonds. The van der Waals surface area contributed by atoms with E-state index >= 15 is 0 Å². The maximum absolute atomic E-state index is 12.7. The topological polar surface area (TPSA) is 72.8 Å². The SMILES string of the molecule is CCCN[C@@H](CC1CCCCC1)[Si](O)(O)[C@@H]1CC(C)(C)N(C)C1=O. The van der Waals surface area contributed by atoms with Crippen LogP contribution in [0.1, 0.15) is 72.1 Å². The number of nitrogens with zero attached hydrogens (tertiary/aromatic N) is 1. The molecule has 2 rings (SSSR count). The number of nitrogens with one attached hydrogen (secondary N) is 1. The highest BCUT2D eigenvalue weighted by atomic mass is 28.4. The number of rotatable bonds is 7. The summed E-state index contributed by atoms with van der Waals surface area (Å²) in [6, 6.07) is 0. The average molecular weight is 357 g/mol. The predicted octanol–water partition coefficient (Wildman–Crippen LogP) is 2.30. The van der Waals surface area contributed by atoms with Crippen molar-refractivity contribution in [3.05, 3.63) is 0 Å². The van der Waals surface area contributed by atoms with E-state index in [9.17, 15) is 14.4 Å². The second kappa shape index (κ2) is 7.85. The van der Waals surface area contributed by atoms with Crippen molar-refractivity contribution >= 4 is 14.5 Å². The number of carbonyl (C=O) groups excluding carboxylic acids is 1. The summed E-state index contributed by atoms with van der Waals surface area (Å²) in [5, 5.41) is 3.39. The third-order valence-electron chi connectivity index (χ3n) is 6.20. The lowest BCUT2D eigenvalue weighted by molar-refractivity contribution is -0.129. The van der Waals surface area contributed by atoms with Crippen LogP contribution in [0.15, 0.2) is 0 Å². The molecule has 1 saturated heterocycles. The first-order chi connectivity index (χ1) is 11.2. The Morgan fingerprint density at radius 3 is 2.42 bits per heavy atom. The van der Waals surface area contributed by atoms with Gasteiger partial charge >= 0.3 is 8.56 Å². The molecule has 0 aromatic heterocycles. The molecule has 0 aromatic rings. The van der Waals surface area contributed by atoms with E-state index in [1.165, 1.54) is 32.1 Å². The molecule has 2 atom stereocenters. The highest BCUT2D eigenvalue weighted by Gasteiger charge is 2.58. The summed E-state index contributed by atoms with van der Waals surface area (Å²) in [5.74, 6) is 0.463. The molecule has 24 heavy (non-hydrogen) atoms. The van der Waals surface area contributed by atoms with Gasteiger partial charge in [0.2, 0.25) is 5.91 Å². The van der Waals surface area contributed by atoms with Gasteiger partial charge in [0.1, 0.15) is 0 Å². The Balaban J connectivity index is 2.14. The van der Waals surface area contributed by atoms with Crippen molar-refractivity contribution in [2.45, 2.75) is 88.9 Å². The normalized spacial score (nSPS) is 26.8. The summed E-state index contributed by atoms with van der Waals surface area (Å²) in [4.78, 5) is 36.6. The van der Waals surface area contributed by atoms with Gasteiger partial charge < -0.3 is 19.8 Å². The maximum atomic E-state index is 12.7. The molecular weight excluding hydrogens is 320 g/mol. The van der Waals surface area contributed by atoms with Gasteiger partial charge in [-0.2, -0.15) is 0 Å². The number of carbonyl (C=O) groups is 1. The van der Waals surface area contributed by atoms with E-state index in [-0.39, 0.29) is 17.1 Å². The summed E-state index contributed by atoms with van der Waals surface area (Å²) in [7, 11) is -1.94. The van der Waals surface area contributed by atoms with Crippen molar-refractivity contribution in [3.63, 3.8) is 0 Å². The zero-order chi connectivity index (χ0) is 18.0. The smallest absolute Gasteiger partial charge is 0.363 e. The van der Waals surface area contributed by atoms with Crippen LogP contribution in [-0.4, -0.2) is 53.8 Å². The molecule has 140 valence electrons. The molecule has 3 N–H and O–H groups in total. The van der Waals surface area contributed by atoms with E-state index < -0.39 is 14.1 Å². The quantitative estimate of drug-likeness (QED) is 0.612. The Hall–Kier alpha value is -0.433. The largest absolute Gasteiger partial charge is 0.409 e. The van der Waals surface area contributed by atoms with E-state index in [1.807, 2.05) is 13.8 Å². The fourth-order valence-electron chi connectivity index (χ4n) is 4.31. The van der Waals surface area contributed by atoms with Gasteiger partial charge in [0, 0.05) is 12.6 Å². The fraction of sp³-hybridized carbons (Fsp3) is 0.944. The van der Waals surface area contributed by atoms with Crippen LogP contribution < -0.4 is 5.32 Å². The van der Waals surface area contributed by atoms with E-state index in [2.05, 4.69) is 12.2 Å². The van der Waals surface area contributed by atoms with Gasteiger partial charge in [0.05, 0.1) is 11.2 Å². The minimum Gasteiger partial charge on any atom is -0.409 e. The van der Waals surface area contributed by atoms with Gasteiger partial charge in [-0.05, 0) is 45.6 Å². The Bertz CT molecular complexity index is 436. The zero-order valence-electron chi connectivity index (χ0n) is 15.8. The molecule has 6 heteroatoms. The van der Waals surface area contributed by atoms with Crippen molar-refractivity contribution in [3.8, 4) is 0 Å². The first-order valence-corrected chi connectivity index (χ1v) is 11.7. The third kappa shape index (κ3) is 4.21. The van der Waals surface area contributed by atoms with Gasteiger partial charge in [-0.3, -0.25) is 4.79 Å². The summed E-state index contributed by atoms with van der Waals surface area (Å²) >= 11 is 0. The molecule has 1 aliphatic carbocycles. The van der Waals surface area contributed by atoms with Gasteiger partial charge in [0.15, 0.2) is 0 Å². The summed E-state index contributed by atoms with van der Waals surface area (Å²) < 4.78 is 0. The summed E-state index contributed by atoms with van der Waals surface area (Å²) in [6.45, 7) is 6.86. The first-order valence-electron chi connectivity index (χ1n) is 9.66. The van der Waals surface area contributed by atoms with Gasteiger partial charge in [0.25, 0.3) is 0 Å². The van der Waals surface area contributed by atoms with Crippen LogP contribution in [0.25, 0.3) is 0 Å². The van der Waals surface area contributed by atoms with Crippen LogP contribution in [0.3, 0.4) is 0 Å². The van der Waals surface area contributed by atoms with Crippen molar-refractivity contribution in [1.29, 1.82) is 0 Å². The van der Waals surface area contributed by atoms with Crippen LogP contribution in [0, 0.1) is 5.92 Å². The third-order valence-corrected chi connectivity index (χ3v) is 9.14. The number of hydrogen-bond donors (Lipinski definition) is 3. The number of hydrogen-bond acceptors (Lipinski definition) is 4. The zero-order valence-corrected chi connectivity index (χ0v) is 16.8. The fourth-order valence-corrected chi connectivity index (χ4v) is 7.28. The Morgan fingerprint density at radius 2 is 1.92 bits per heavy atom. The standard InChI is InChI=1S/C18H36N2O3Si/c1-5-11-19-16(12-14-9-7-6-8-10-14)24(22,23)15-13-18(2,3)20(4)17(15)21/h14-16,19,22-23H,5-13H2,1-4H3/t15-,16-/m1/s1. The molecular formula is C18H36N2O3Si. The molecule has 0 unspecified atom stereocenters. The lowest BCUT2D eigenvalue weighted by Crippen LogP contribution is -2.61. The highest BCUT2D eigenvalue weighted by molar-refractivity contribution is 6.71. The summed E-state index contributed by atoms with van der Waals surface area (Å²) in [5.41, 5.74) is -1.22. The summed E-state index contributed by atoms with van der Waals surface area (Å²) in [6.07, 6.45) is 8.44. The highest BCUT2D eigenvalue weighted by Crippen LogP contribution is 2.42. The minimum absolute atomic E-state index is 0.0939. The Labute approximate surface area is 148 Å². The second-order valence-corrected chi connectivity index (χ2v) is 11.5.